The SMILES string of the molecule is CCN(CC)CCCC(C)NCc1c(Br)c(C)nn1CC. The van der Waals surface area contributed by atoms with Crippen LogP contribution in [0.2, 0.25) is 0 Å². The Bertz CT molecular complexity index is 413. The molecule has 1 N–H and O–H groups in total. The molecule has 1 heterocycles. The van der Waals surface area contributed by atoms with E-state index in [1.54, 1.807) is 0 Å². The van der Waals surface area contributed by atoms with Gasteiger partial charge >= 0.3 is 0 Å². The van der Waals surface area contributed by atoms with E-state index in [0.717, 1.165) is 36.3 Å². The van der Waals surface area contributed by atoms with Crippen LogP contribution < -0.4 is 5.32 Å². The molecule has 0 spiro atoms. The minimum Gasteiger partial charge on any atom is -0.309 e. The molecule has 1 atom stereocenters. The average molecular weight is 359 g/mol. The highest BCUT2D eigenvalue weighted by Crippen LogP contribution is 2.21. The summed E-state index contributed by atoms with van der Waals surface area (Å²) in [7, 11) is 0. The molecule has 0 radical (unpaired) electrons. The normalized spacial score (nSPS) is 13.1. The van der Waals surface area contributed by atoms with Gasteiger partial charge in [0.15, 0.2) is 0 Å². The largest absolute Gasteiger partial charge is 0.309 e. The zero-order chi connectivity index (χ0) is 15.8. The quantitative estimate of drug-likeness (QED) is 0.693. The van der Waals surface area contributed by atoms with E-state index in [-0.39, 0.29) is 0 Å². The van der Waals surface area contributed by atoms with Crippen LogP contribution >= 0.6 is 15.9 Å². The molecular weight excluding hydrogens is 328 g/mol. The third-order valence-corrected chi connectivity index (χ3v) is 5.11. The van der Waals surface area contributed by atoms with Gasteiger partial charge in [-0.25, -0.2) is 0 Å². The van der Waals surface area contributed by atoms with Crippen molar-refractivity contribution in [1.82, 2.24) is 20.0 Å². The molecule has 1 aromatic rings. The van der Waals surface area contributed by atoms with Crippen LogP contribution in [0.3, 0.4) is 0 Å². The van der Waals surface area contributed by atoms with Gasteiger partial charge in [-0.05, 0) is 69.2 Å². The van der Waals surface area contributed by atoms with Crippen molar-refractivity contribution in [2.24, 2.45) is 0 Å². The van der Waals surface area contributed by atoms with Crippen molar-refractivity contribution in [3.05, 3.63) is 15.9 Å². The summed E-state index contributed by atoms with van der Waals surface area (Å²) >= 11 is 3.65. The summed E-state index contributed by atoms with van der Waals surface area (Å²) in [6.45, 7) is 16.2. The number of halogens is 1. The average Bonchev–Trinajstić information content (AvgIpc) is 2.76. The first-order chi connectivity index (χ1) is 10.0. The summed E-state index contributed by atoms with van der Waals surface area (Å²) in [4.78, 5) is 2.48. The van der Waals surface area contributed by atoms with E-state index in [2.05, 4.69) is 63.6 Å². The number of nitrogens with zero attached hydrogens (tertiary/aromatic N) is 3. The molecule has 0 aliphatic heterocycles. The fraction of sp³-hybridized carbons (Fsp3) is 0.812. The lowest BCUT2D eigenvalue weighted by molar-refractivity contribution is 0.290. The van der Waals surface area contributed by atoms with Crippen LogP contribution in [0.4, 0.5) is 0 Å². The Morgan fingerprint density at radius 3 is 2.52 bits per heavy atom. The van der Waals surface area contributed by atoms with E-state index in [1.165, 1.54) is 25.1 Å². The second kappa shape index (κ2) is 9.59. The Kier molecular flexibility index (Phi) is 8.52. The highest BCUT2D eigenvalue weighted by molar-refractivity contribution is 9.10. The van der Waals surface area contributed by atoms with Gasteiger partial charge < -0.3 is 10.2 Å². The van der Waals surface area contributed by atoms with Crippen LogP contribution in [0.5, 0.6) is 0 Å². The second-order valence-electron chi connectivity index (χ2n) is 5.61. The van der Waals surface area contributed by atoms with Gasteiger partial charge in [0.25, 0.3) is 0 Å². The maximum absolute atomic E-state index is 4.54. The third kappa shape index (κ3) is 5.72. The molecule has 0 aromatic carbocycles. The summed E-state index contributed by atoms with van der Waals surface area (Å²) in [5, 5.41) is 8.17. The van der Waals surface area contributed by atoms with Gasteiger partial charge in [0.1, 0.15) is 0 Å². The Morgan fingerprint density at radius 2 is 1.95 bits per heavy atom. The molecule has 1 rings (SSSR count). The molecule has 0 saturated carbocycles. The zero-order valence-electron chi connectivity index (χ0n) is 14.2. The van der Waals surface area contributed by atoms with Gasteiger partial charge in [0.2, 0.25) is 0 Å². The van der Waals surface area contributed by atoms with Crippen LogP contribution in [0.1, 0.15) is 51.9 Å². The van der Waals surface area contributed by atoms with Gasteiger partial charge in [-0.2, -0.15) is 5.10 Å². The molecule has 0 amide bonds. The number of aromatic nitrogens is 2. The van der Waals surface area contributed by atoms with Crippen molar-refractivity contribution < 1.29 is 0 Å². The topological polar surface area (TPSA) is 33.1 Å². The number of nitrogens with one attached hydrogen (secondary N) is 1. The van der Waals surface area contributed by atoms with E-state index in [9.17, 15) is 0 Å². The molecular formula is C16H31BrN4. The summed E-state index contributed by atoms with van der Waals surface area (Å²) < 4.78 is 3.22. The summed E-state index contributed by atoms with van der Waals surface area (Å²) in [6.07, 6.45) is 2.47. The lowest BCUT2D eigenvalue weighted by Gasteiger charge is -2.20. The van der Waals surface area contributed by atoms with Gasteiger partial charge in [-0.1, -0.05) is 13.8 Å². The molecule has 0 fully saturated rings. The van der Waals surface area contributed by atoms with Crippen LogP contribution in [0.15, 0.2) is 4.47 Å². The third-order valence-electron chi connectivity index (χ3n) is 4.08. The molecule has 1 aromatic heterocycles. The van der Waals surface area contributed by atoms with Gasteiger partial charge in [-0.3, -0.25) is 4.68 Å². The molecule has 1 unspecified atom stereocenters. The summed E-state index contributed by atoms with van der Waals surface area (Å²) in [6, 6.07) is 0.535. The fourth-order valence-corrected chi connectivity index (χ4v) is 3.00. The highest BCUT2D eigenvalue weighted by atomic mass is 79.9. The first-order valence-electron chi connectivity index (χ1n) is 8.20. The van der Waals surface area contributed by atoms with Crippen LogP contribution in [-0.2, 0) is 13.1 Å². The fourth-order valence-electron chi connectivity index (χ4n) is 2.57. The van der Waals surface area contributed by atoms with Crippen LogP contribution in [0.25, 0.3) is 0 Å². The van der Waals surface area contributed by atoms with Crippen molar-refractivity contribution in [3.63, 3.8) is 0 Å². The highest BCUT2D eigenvalue weighted by Gasteiger charge is 2.12. The van der Waals surface area contributed by atoms with Crippen molar-refractivity contribution in [1.29, 1.82) is 0 Å². The Labute approximate surface area is 138 Å². The summed E-state index contributed by atoms with van der Waals surface area (Å²) in [5.74, 6) is 0. The van der Waals surface area contributed by atoms with Crippen molar-refractivity contribution >= 4 is 15.9 Å². The van der Waals surface area contributed by atoms with Crippen molar-refractivity contribution in [2.75, 3.05) is 19.6 Å². The molecule has 0 saturated heterocycles. The number of aryl methyl sites for hydroxylation is 2. The maximum Gasteiger partial charge on any atom is 0.0739 e. The minimum atomic E-state index is 0.535. The Hall–Kier alpha value is -0.390. The number of hydrogen-bond acceptors (Lipinski definition) is 3. The van der Waals surface area contributed by atoms with Gasteiger partial charge in [0, 0.05) is 19.1 Å². The number of hydrogen-bond donors (Lipinski definition) is 1. The Balaban J connectivity index is 2.38. The van der Waals surface area contributed by atoms with Gasteiger partial charge in [0.05, 0.1) is 15.9 Å². The molecule has 21 heavy (non-hydrogen) atoms. The minimum absolute atomic E-state index is 0.535. The van der Waals surface area contributed by atoms with E-state index in [0.29, 0.717) is 6.04 Å². The van der Waals surface area contributed by atoms with Crippen molar-refractivity contribution in [2.45, 2.75) is 66.6 Å². The molecule has 4 nitrogen and oxygen atoms in total. The lowest BCUT2D eigenvalue weighted by atomic mass is 10.1. The van der Waals surface area contributed by atoms with E-state index in [4.69, 9.17) is 0 Å². The van der Waals surface area contributed by atoms with E-state index < -0.39 is 0 Å². The maximum atomic E-state index is 4.54. The number of rotatable bonds is 10. The smallest absolute Gasteiger partial charge is 0.0739 e. The summed E-state index contributed by atoms with van der Waals surface area (Å²) in [5.41, 5.74) is 2.33. The predicted molar refractivity (Wildman–Crippen MR) is 93.7 cm³/mol. The molecule has 5 heteroatoms. The lowest BCUT2D eigenvalue weighted by Crippen LogP contribution is -2.29. The molecule has 0 aliphatic rings. The van der Waals surface area contributed by atoms with Crippen LogP contribution in [0, 0.1) is 6.92 Å². The van der Waals surface area contributed by atoms with Crippen molar-refractivity contribution in [3.8, 4) is 0 Å². The predicted octanol–water partition coefficient (Wildman–Crippen LogP) is 3.57. The standard InChI is InChI=1S/C16H31BrN4/c1-6-20(7-2)11-9-10-13(4)18-12-15-16(17)14(5)19-21(15)8-3/h13,18H,6-12H2,1-5H3. The van der Waals surface area contributed by atoms with Crippen LogP contribution in [-0.4, -0.2) is 40.4 Å². The van der Waals surface area contributed by atoms with E-state index in [1.807, 2.05) is 6.92 Å². The van der Waals surface area contributed by atoms with E-state index >= 15 is 0 Å². The first-order valence-corrected chi connectivity index (χ1v) is 9.00. The Morgan fingerprint density at radius 1 is 1.29 bits per heavy atom. The molecule has 0 bridgehead atoms. The molecule has 0 aliphatic carbocycles. The first kappa shape index (κ1) is 18.7. The monoisotopic (exact) mass is 358 g/mol. The zero-order valence-corrected chi connectivity index (χ0v) is 15.8. The molecule has 122 valence electrons. The second-order valence-corrected chi connectivity index (χ2v) is 6.41. The van der Waals surface area contributed by atoms with Gasteiger partial charge in [-0.15, -0.1) is 0 Å².